The van der Waals surface area contributed by atoms with Gasteiger partial charge in [-0.1, -0.05) is 25.5 Å². The van der Waals surface area contributed by atoms with Gasteiger partial charge in [0, 0.05) is 17.5 Å². The zero-order valence-electron chi connectivity index (χ0n) is 18.8. The summed E-state index contributed by atoms with van der Waals surface area (Å²) in [5, 5.41) is 10.2. The van der Waals surface area contributed by atoms with Crippen molar-refractivity contribution in [1.82, 2.24) is 4.98 Å². The summed E-state index contributed by atoms with van der Waals surface area (Å²) >= 11 is 1.79. The predicted octanol–water partition coefficient (Wildman–Crippen LogP) is 5.83. The molecule has 0 bridgehead atoms. The predicted molar refractivity (Wildman–Crippen MR) is 121 cm³/mol. The first kappa shape index (κ1) is 20.9. The third-order valence-corrected chi connectivity index (χ3v) is 10.9. The maximum absolute atomic E-state index is 13.2. The normalized spacial score (nSPS) is 44.1. The van der Waals surface area contributed by atoms with E-state index >= 15 is 0 Å². The van der Waals surface area contributed by atoms with Gasteiger partial charge < -0.3 is 5.11 Å². The second-order valence-electron chi connectivity index (χ2n) is 11.2. The summed E-state index contributed by atoms with van der Waals surface area (Å²) < 4.78 is 0. The van der Waals surface area contributed by atoms with E-state index in [1.165, 1.54) is 42.6 Å². The van der Waals surface area contributed by atoms with Crippen molar-refractivity contribution in [3.63, 3.8) is 0 Å². The number of aryl methyl sites for hydroxylation is 1. The Hall–Kier alpha value is -1.00. The number of aliphatic hydroxyl groups is 1. The number of aliphatic hydroxyl groups excluding tert-OH is 1. The molecule has 0 saturated heterocycles. The van der Waals surface area contributed by atoms with Gasteiger partial charge in [0.2, 0.25) is 0 Å². The summed E-state index contributed by atoms with van der Waals surface area (Å²) in [5.41, 5.74) is 3.32. The van der Waals surface area contributed by atoms with Crippen LogP contribution in [-0.2, 0) is 11.2 Å². The van der Waals surface area contributed by atoms with Crippen LogP contribution >= 0.6 is 11.3 Å². The Morgan fingerprint density at radius 3 is 2.83 bits per heavy atom. The van der Waals surface area contributed by atoms with Crippen LogP contribution in [0.4, 0.5) is 0 Å². The monoisotopic (exact) mass is 427 g/mol. The molecule has 3 fully saturated rings. The minimum absolute atomic E-state index is 0.304. The zero-order chi connectivity index (χ0) is 21.1. The van der Waals surface area contributed by atoms with Crippen LogP contribution in [0.15, 0.2) is 23.4 Å². The van der Waals surface area contributed by atoms with Gasteiger partial charge in [-0.05, 0) is 93.3 Å². The third-order valence-electron chi connectivity index (χ3n) is 10.0. The molecule has 3 nitrogen and oxygen atoms in total. The van der Waals surface area contributed by atoms with E-state index in [1.54, 1.807) is 11.3 Å². The number of hydrogen-bond donors (Lipinski definition) is 1. The Labute approximate surface area is 185 Å². The molecule has 0 aromatic carbocycles. The summed E-state index contributed by atoms with van der Waals surface area (Å²) in [5.74, 6) is 3.74. The molecule has 3 saturated carbocycles. The van der Waals surface area contributed by atoms with E-state index in [4.69, 9.17) is 0 Å². The van der Waals surface area contributed by atoms with Crippen molar-refractivity contribution in [2.45, 2.75) is 84.7 Å². The number of rotatable bonds is 4. The molecule has 8 atom stereocenters. The lowest BCUT2D eigenvalue weighted by Gasteiger charge is -2.57. The molecule has 5 rings (SSSR count). The summed E-state index contributed by atoms with van der Waals surface area (Å²) in [7, 11) is 0. The average Bonchev–Trinajstić information content (AvgIpc) is 3.34. The lowest BCUT2D eigenvalue weighted by molar-refractivity contribution is -0.140. The fourth-order valence-corrected chi connectivity index (χ4v) is 9.02. The molecule has 4 aliphatic carbocycles. The highest BCUT2D eigenvalue weighted by Crippen LogP contribution is 2.66. The highest BCUT2D eigenvalue weighted by atomic mass is 32.1. The van der Waals surface area contributed by atoms with E-state index in [1.807, 2.05) is 11.7 Å². The Balaban J connectivity index is 1.35. The number of thiazole rings is 1. The molecule has 0 aliphatic heterocycles. The van der Waals surface area contributed by atoms with Crippen molar-refractivity contribution in [2.75, 3.05) is 0 Å². The number of aromatic nitrogens is 1. The zero-order valence-corrected chi connectivity index (χ0v) is 19.6. The number of nitrogens with zero attached hydrogens (tertiary/aromatic N) is 1. The number of allylic oxidation sites excluding steroid dienone is 1. The summed E-state index contributed by atoms with van der Waals surface area (Å²) in [4.78, 5) is 18.8. The lowest BCUT2D eigenvalue weighted by atomic mass is 9.46. The minimum atomic E-state index is -0.461. The molecule has 4 aliphatic rings. The molecule has 30 heavy (non-hydrogen) atoms. The Morgan fingerprint density at radius 1 is 1.23 bits per heavy atom. The molecule has 1 heterocycles. The molecule has 0 radical (unpaired) electrons. The summed E-state index contributed by atoms with van der Waals surface area (Å²) in [6, 6.07) is 0. The van der Waals surface area contributed by atoms with Crippen molar-refractivity contribution in [2.24, 2.45) is 40.4 Å². The highest BCUT2D eigenvalue weighted by Gasteiger charge is 2.61. The van der Waals surface area contributed by atoms with Crippen molar-refractivity contribution < 1.29 is 9.90 Å². The maximum Gasteiger partial charge on any atom is 0.145 e. The van der Waals surface area contributed by atoms with Gasteiger partial charge in [0.1, 0.15) is 5.78 Å². The van der Waals surface area contributed by atoms with Crippen molar-refractivity contribution in [1.29, 1.82) is 0 Å². The Bertz CT molecular complexity index is 832. The van der Waals surface area contributed by atoms with E-state index in [-0.39, 0.29) is 5.41 Å². The van der Waals surface area contributed by atoms with Gasteiger partial charge in [-0.25, -0.2) is 0 Å². The number of carbonyl (C=O) groups excluding carboxylic acids is 1. The van der Waals surface area contributed by atoms with Crippen LogP contribution in [0.3, 0.4) is 0 Å². The van der Waals surface area contributed by atoms with Gasteiger partial charge in [-0.3, -0.25) is 9.78 Å². The fourth-order valence-electron chi connectivity index (χ4n) is 8.41. The van der Waals surface area contributed by atoms with Gasteiger partial charge in [0.05, 0.1) is 17.0 Å². The number of carbonyl (C=O) groups is 1. The molecular formula is C26H37NO2S. The molecule has 0 spiro atoms. The standard InChI is InChI=1S/C26H37NO2S/c1-16(4-6-19-14-27-15-30-19)21-8-9-22-20-7-5-17-12-18(28)13-24(29)26(17,3)23(20)10-11-25(21,22)2/h5,14-16,18,20-23,28H,4,6-13H2,1-3H3/t16-,18+,20+,21-,22+,23+,25-,26+/m1/s1. The third kappa shape index (κ3) is 3.08. The van der Waals surface area contributed by atoms with E-state index in [0.29, 0.717) is 35.9 Å². The van der Waals surface area contributed by atoms with Crippen LogP contribution in [-0.4, -0.2) is 22.0 Å². The highest BCUT2D eigenvalue weighted by molar-refractivity contribution is 7.09. The molecule has 4 heteroatoms. The maximum atomic E-state index is 13.2. The van der Waals surface area contributed by atoms with Crippen LogP contribution in [0, 0.1) is 40.4 Å². The van der Waals surface area contributed by atoms with Gasteiger partial charge in [-0.2, -0.15) is 0 Å². The molecule has 1 N–H and O–H groups in total. The van der Waals surface area contributed by atoms with E-state index in [2.05, 4.69) is 31.8 Å². The Kier molecular flexibility index (Phi) is 5.25. The van der Waals surface area contributed by atoms with Gasteiger partial charge in [0.15, 0.2) is 0 Å². The van der Waals surface area contributed by atoms with Crippen LogP contribution in [0.5, 0.6) is 0 Å². The fraction of sp³-hybridized carbons (Fsp3) is 0.769. The van der Waals surface area contributed by atoms with Crippen LogP contribution in [0.1, 0.15) is 77.0 Å². The minimum Gasteiger partial charge on any atom is -0.392 e. The quantitative estimate of drug-likeness (QED) is 0.615. The lowest BCUT2D eigenvalue weighted by Crippen LogP contribution is -2.54. The molecule has 1 aromatic heterocycles. The van der Waals surface area contributed by atoms with Crippen molar-refractivity contribution >= 4 is 17.1 Å². The summed E-state index contributed by atoms with van der Waals surface area (Å²) in [6.45, 7) is 7.29. The van der Waals surface area contributed by atoms with Crippen LogP contribution in [0.25, 0.3) is 0 Å². The van der Waals surface area contributed by atoms with Crippen LogP contribution in [0.2, 0.25) is 0 Å². The van der Waals surface area contributed by atoms with Crippen LogP contribution < -0.4 is 0 Å². The summed E-state index contributed by atoms with van der Waals surface area (Å²) in [6.07, 6.45) is 13.7. The number of ketones is 1. The van der Waals surface area contributed by atoms with Crippen molar-refractivity contribution in [3.05, 3.63) is 28.2 Å². The molecule has 164 valence electrons. The average molecular weight is 428 g/mol. The molecular weight excluding hydrogens is 390 g/mol. The number of hydrogen-bond acceptors (Lipinski definition) is 4. The van der Waals surface area contributed by atoms with Gasteiger partial charge in [0.25, 0.3) is 0 Å². The first-order valence-electron chi connectivity index (χ1n) is 12.1. The van der Waals surface area contributed by atoms with Gasteiger partial charge >= 0.3 is 0 Å². The number of Topliss-reactive ketones (excluding diaryl/α,β-unsaturated/α-hetero) is 1. The van der Waals surface area contributed by atoms with E-state index < -0.39 is 6.10 Å². The molecule has 1 aromatic rings. The SMILES string of the molecule is C[C@H](CCc1cncs1)[C@H]1CC[C@H]2[C@@H]3CC=C4C[C@H](O)CC(=O)[C@]4(C)[C@H]3CC[C@]12C. The smallest absolute Gasteiger partial charge is 0.145 e. The molecule has 0 amide bonds. The first-order valence-corrected chi connectivity index (χ1v) is 13.0. The van der Waals surface area contributed by atoms with Gasteiger partial charge in [-0.15, -0.1) is 11.3 Å². The number of fused-ring (bicyclic) bond motifs is 5. The first-order chi connectivity index (χ1) is 14.3. The Morgan fingerprint density at radius 2 is 2.07 bits per heavy atom. The van der Waals surface area contributed by atoms with E-state index in [0.717, 1.165) is 30.6 Å². The largest absolute Gasteiger partial charge is 0.392 e. The van der Waals surface area contributed by atoms with E-state index in [9.17, 15) is 9.90 Å². The molecule has 0 unspecified atom stereocenters. The topological polar surface area (TPSA) is 50.2 Å². The second kappa shape index (κ2) is 7.55. The van der Waals surface area contributed by atoms with Crippen molar-refractivity contribution in [3.8, 4) is 0 Å². The second-order valence-corrected chi connectivity index (χ2v) is 12.2.